The number of urea groups is 1. The standard InChI is InChI=1S/C11H12ClN5O3/c1-17(2-3-18)8-5-6(13-10(12)15-8)4-7-9(19)16-11(20)14-7/h4-5,18H,2-3H2,1H3,(H2,14,16,19,20). The Hall–Kier alpha value is -2.19. The summed E-state index contributed by atoms with van der Waals surface area (Å²) in [5.74, 6) is -0.0365. The van der Waals surface area contributed by atoms with E-state index in [-0.39, 0.29) is 17.6 Å². The number of aromatic nitrogens is 2. The molecule has 0 atom stereocenters. The van der Waals surface area contributed by atoms with Crippen LogP contribution in [0.15, 0.2) is 11.8 Å². The lowest BCUT2D eigenvalue weighted by Gasteiger charge is -2.16. The van der Waals surface area contributed by atoms with E-state index in [4.69, 9.17) is 16.7 Å². The first-order chi connectivity index (χ1) is 9.49. The van der Waals surface area contributed by atoms with Crippen molar-refractivity contribution in [3.05, 3.63) is 22.7 Å². The zero-order valence-electron chi connectivity index (χ0n) is 10.6. The molecule has 0 bridgehead atoms. The zero-order chi connectivity index (χ0) is 14.7. The Labute approximate surface area is 119 Å². The summed E-state index contributed by atoms with van der Waals surface area (Å²) in [5, 5.41) is 13.3. The van der Waals surface area contributed by atoms with Crippen LogP contribution in [0.4, 0.5) is 10.6 Å². The summed E-state index contributed by atoms with van der Waals surface area (Å²) in [6.07, 6.45) is 1.39. The van der Waals surface area contributed by atoms with E-state index in [1.165, 1.54) is 6.08 Å². The van der Waals surface area contributed by atoms with Crippen LogP contribution in [0.25, 0.3) is 6.08 Å². The second kappa shape index (κ2) is 5.85. The second-order valence-electron chi connectivity index (χ2n) is 4.03. The van der Waals surface area contributed by atoms with E-state index >= 15 is 0 Å². The number of halogens is 1. The van der Waals surface area contributed by atoms with E-state index < -0.39 is 11.9 Å². The summed E-state index contributed by atoms with van der Waals surface area (Å²) in [6.45, 7) is 0.341. The molecular weight excluding hydrogens is 286 g/mol. The van der Waals surface area contributed by atoms with Gasteiger partial charge in [0.2, 0.25) is 5.28 Å². The van der Waals surface area contributed by atoms with Crippen LogP contribution in [0.5, 0.6) is 0 Å². The number of carbonyl (C=O) groups excluding carboxylic acids is 2. The SMILES string of the molecule is CN(CCO)c1cc(C=C2NC(=O)NC2=O)nc(Cl)n1. The van der Waals surface area contributed by atoms with E-state index in [1.807, 2.05) is 0 Å². The van der Waals surface area contributed by atoms with Gasteiger partial charge in [0.15, 0.2) is 0 Å². The summed E-state index contributed by atoms with van der Waals surface area (Å²) >= 11 is 5.82. The van der Waals surface area contributed by atoms with Crippen molar-refractivity contribution in [1.29, 1.82) is 0 Å². The molecule has 0 unspecified atom stereocenters. The maximum absolute atomic E-state index is 11.4. The van der Waals surface area contributed by atoms with Crippen molar-refractivity contribution in [2.45, 2.75) is 0 Å². The van der Waals surface area contributed by atoms with Gasteiger partial charge in [0, 0.05) is 19.7 Å². The number of carbonyl (C=O) groups is 2. The normalized spacial score (nSPS) is 16.2. The van der Waals surface area contributed by atoms with Crippen molar-refractivity contribution >= 4 is 35.4 Å². The number of rotatable bonds is 4. The minimum atomic E-state index is -0.584. The van der Waals surface area contributed by atoms with E-state index in [9.17, 15) is 9.59 Å². The van der Waals surface area contributed by atoms with Crippen molar-refractivity contribution in [3.8, 4) is 0 Å². The van der Waals surface area contributed by atoms with Crippen molar-refractivity contribution < 1.29 is 14.7 Å². The minimum Gasteiger partial charge on any atom is -0.395 e. The van der Waals surface area contributed by atoms with E-state index in [0.717, 1.165) is 0 Å². The lowest BCUT2D eigenvalue weighted by molar-refractivity contribution is -0.115. The molecule has 9 heteroatoms. The molecule has 2 rings (SSSR count). The van der Waals surface area contributed by atoms with Gasteiger partial charge in [-0.2, -0.15) is 0 Å². The van der Waals surface area contributed by atoms with Crippen LogP contribution in [-0.2, 0) is 4.79 Å². The molecule has 1 aromatic rings. The molecule has 1 aromatic heterocycles. The van der Waals surface area contributed by atoms with Crippen LogP contribution in [0.3, 0.4) is 0 Å². The average Bonchev–Trinajstić information content (AvgIpc) is 2.67. The summed E-state index contributed by atoms with van der Waals surface area (Å²) < 4.78 is 0. The maximum Gasteiger partial charge on any atom is 0.326 e. The number of likely N-dealkylation sites (N-methyl/N-ethyl adjacent to an activating group) is 1. The Balaban J connectivity index is 2.31. The Kier molecular flexibility index (Phi) is 4.16. The highest BCUT2D eigenvalue weighted by molar-refractivity contribution is 6.28. The third kappa shape index (κ3) is 3.22. The van der Waals surface area contributed by atoms with E-state index in [0.29, 0.717) is 18.1 Å². The molecule has 3 N–H and O–H groups in total. The lowest BCUT2D eigenvalue weighted by atomic mass is 10.3. The molecule has 2 heterocycles. The van der Waals surface area contributed by atoms with Gasteiger partial charge >= 0.3 is 6.03 Å². The van der Waals surface area contributed by atoms with Crippen LogP contribution in [0.2, 0.25) is 5.28 Å². The average molecular weight is 298 g/mol. The largest absolute Gasteiger partial charge is 0.395 e. The second-order valence-corrected chi connectivity index (χ2v) is 4.37. The zero-order valence-corrected chi connectivity index (χ0v) is 11.3. The number of aliphatic hydroxyl groups excluding tert-OH is 1. The Morgan fingerprint density at radius 2 is 2.15 bits per heavy atom. The monoisotopic (exact) mass is 297 g/mol. The molecule has 20 heavy (non-hydrogen) atoms. The molecule has 1 aliphatic heterocycles. The molecule has 1 saturated heterocycles. The first-order valence-electron chi connectivity index (χ1n) is 5.70. The number of hydrogen-bond acceptors (Lipinski definition) is 6. The van der Waals surface area contributed by atoms with Crippen LogP contribution < -0.4 is 15.5 Å². The fourth-order valence-corrected chi connectivity index (χ4v) is 1.77. The van der Waals surface area contributed by atoms with E-state index in [2.05, 4.69) is 20.6 Å². The van der Waals surface area contributed by atoms with Crippen molar-refractivity contribution in [3.63, 3.8) is 0 Å². The predicted molar refractivity (Wildman–Crippen MR) is 72.0 cm³/mol. The fourth-order valence-electron chi connectivity index (χ4n) is 1.59. The summed E-state index contributed by atoms with van der Waals surface area (Å²) in [5.41, 5.74) is 0.456. The highest BCUT2D eigenvalue weighted by atomic mass is 35.5. The highest BCUT2D eigenvalue weighted by Gasteiger charge is 2.23. The van der Waals surface area contributed by atoms with Gasteiger partial charge < -0.3 is 15.3 Å². The molecular formula is C11H12ClN5O3. The van der Waals surface area contributed by atoms with Crippen LogP contribution in [0.1, 0.15) is 5.69 Å². The molecule has 0 saturated carbocycles. The Morgan fingerprint density at radius 3 is 2.75 bits per heavy atom. The quantitative estimate of drug-likeness (QED) is 0.401. The first kappa shape index (κ1) is 14.2. The Bertz CT molecular complexity index is 589. The fraction of sp³-hybridized carbons (Fsp3) is 0.273. The summed E-state index contributed by atoms with van der Waals surface area (Å²) in [6, 6.07) is 1.01. The minimum absolute atomic E-state index is 0.00358. The molecule has 106 valence electrons. The number of imide groups is 1. The van der Waals surface area contributed by atoms with Crippen molar-refractivity contribution in [2.75, 3.05) is 25.1 Å². The van der Waals surface area contributed by atoms with Gasteiger partial charge in [0.1, 0.15) is 11.5 Å². The lowest BCUT2D eigenvalue weighted by Crippen LogP contribution is -2.22. The third-order valence-corrected chi connectivity index (χ3v) is 2.71. The third-order valence-electron chi connectivity index (χ3n) is 2.54. The highest BCUT2D eigenvalue weighted by Crippen LogP contribution is 2.16. The van der Waals surface area contributed by atoms with Gasteiger partial charge in [-0.1, -0.05) is 0 Å². The van der Waals surface area contributed by atoms with Gasteiger partial charge in [-0.05, 0) is 17.7 Å². The molecule has 0 aromatic carbocycles. The Morgan fingerprint density at radius 1 is 1.40 bits per heavy atom. The number of nitrogens with one attached hydrogen (secondary N) is 2. The number of amides is 3. The molecule has 1 aliphatic rings. The van der Waals surface area contributed by atoms with Gasteiger partial charge in [0.05, 0.1) is 12.3 Å². The summed E-state index contributed by atoms with van der Waals surface area (Å²) in [4.78, 5) is 32.1. The topological polar surface area (TPSA) is 107 Å². The molecule has 8 nitrogen and oxygen atoms in total. The smallest absolute Gasteiger partial charge is 0.326 e. The number of anilines is 1. The molecule has 0 aliphatic carbocycles. The number of hydrogen-bond donors (Lipinski definition) is 3. The predicted octanol–water partition coefficient (Wildman–Crippen LogP) is -0.261. The van der Waals surface area contributed by atoms with Gasteiger partial charge in [0.25, 0.3) is 5.91 Å². The number of nitrogens with zero attached hydrogens (tertiary/aromatic N) is 3. The molecule has 0 radical (unpaired) electrons. The van der Waals surface area contributed by atoms with Crippen LogP contribution in [-0.4, -0.2) is 47.2 Å². The number of aliphatic hydroxyl groups is 1. The van der Waals surface area contributed by atoms with Crippen LogP contribution >= 0.6 is 11.6 Å². The first-order valence-corrected chi connectivity index (χ1v) is 6.08. The van der Waals surface area contributed by atoms with Gasteiger partial charge in [-0.25, -0.2) is 14.8 Å². The van der Waals surface area contributed by atoms with E-state index in [1.54, 1.807) is 18.0 Å². The van der Waals surface area contributed by atoms with Crippen LogP contribution in [0, 0.1) is 0 Å². The molecule has 0 spiro atoms. The van der Waals surface area contributed by atoms with Crippen molar-refractivity contribution in [2.24, 2.45) is 0 Å². The van der Waals surface area contributed by atoms with Gasteiger partial charge in [-0.3, -0.25) is 10.1 Å². The maximum atomic E-state index is 11.4. The van der Waals surface area contributed by atoms with Gasteiger partial charge in [-0.15, -0.1) is 0 Å². The molecule has 3 amide bonds. The van der Waals surface area contributed by atoms with Crippen molar-refractivity contribution in [1.82, 2.24) is 20.6 Å². The summed E-state index contributed by atoms with van der Waals surface area (Å²) in [7, 11) is 1.73. The molecule has 1 fully saturated rings.